The Morgan fingerprint density at radius 1 is 1.03 bits per heavy atom. The number of piperidine rings is 1. The van der Waals surface area contributed by atoms with Gasteiger partial charge in [-0.05, 0) is 37.1 Å². The molecule has 33 heavy (non-hydrogen) atoms. The Labute approximate surface area is 194 Å². The quantitative estimate of drug-likeness (QED) is 0.614. The van der Waals surface area contributed by atoms with Crippen molar-refractivity contribution in [2.75, 3.05) is 46.0 Å². The number of amides is 1. The number of morpholine rings is 1. The van der Waals surface area contributed by atoms with Crippen LogP contribution in [0.1, 0.15) is 19.3 Å². The van der Waals surface area contributed by atoms with Crippen molar-refractivity contribution >= 4 is 15.9 Å². The molecule has 9 heteroatoms. The van der Waals surface area contributed by atoms with Crippen LogP contribution in [-0.2, 0) is 19.6 Å². The van der Waals surface area contributed by atoms with Gasteiger partial charge in [0, 0.05) is 38.0 Å². The zero-order valence-corrected chi connectivity index (χ0v) is 19.3. The standard InChI is InChI=1S/C24H29FN2O5S/c25-21-9-4-5-10-22(21)33(29,30)27-12-6-11-24(18-27,19-32-20-7-2-1-3-8-20)17-23(28)26-13-15-31-16-14-26/h1-5,7-10H,6,11-19H2/t24-/m1/s1. The van der Waals surface area contributed by atoms with Crippen molar-refractivity contribution in [2.45, 2.75) is 24.2 Å². The highest BCUT2D eigenvalue weighted by molar-refractivity contribution is 7.89. The first-order valence-electron chi connectivity index (χ1n) is 11.2. The van der Waals surface area contributed by atoms with E-state index in [0.717, 1.165) is 6.07 Å². The van der Waals surface area contributed by atoms with Crippen molar-refractivity contribution in [2.24, 2.45) is 5.41 Å². The molecule has 0 radical (unpaired) electrons. The van der Waals surface area contributed by atoms with Crippen LogP contribution in [0.2, 0.25) is 0 Å². The molecule has 2 aliphatic heterocycles. The second-order valence-electron chi connectivity index (χ2n) is 8.64. The molecule has 0 spiro atoms. The molecule has 1 atom stereocenters. The van der Waals surface area contributed by atoms with Crippen molar-refractivity contribution in [1.29, 1.82) is 0 Å². The molecule has 178 valence electrons. The Kier molecular flexibility index (Phi) is 7.31. The maximum atomic E-state index is 14.4. The van der Waals surface area contributed by atoms with E-state index in [1.54, 1.807) is 4.90 Å². The predicted molar refractivity (Wildman–Crippen MR) is 121 cm³/mol. The van der Waals surface area contributed by atoms with Crippen LogP contribution in [0.5, 0.6) is 5.75 Å². The number of carbonyl (C=O) groups is 1. The van der Waals surface area contributed by atoms with Crippen molar-refractivity contribution < 1.29 is 27.1 Å². The second-order valence-corrected chi connectivity index (χ2v) is 10.6. The van der Waals surface area contributed by atoms with Crippen molar-refractivity contribution in [3.8, 4) is 5.75 Å². The topological polar surface area (TPSA) is 76.2 Å². The van der Waals surface area contributed by atoms with Gasteiger partial charge in [0.05, 0.1) is 19.8 Å². The minimum atomic E-state index is -4.05. The highest BCUT2D eigenvalue weighted by atomic mass is 32.2. The molecule has 2 heterocycles. The summed E-state index contributed by atoms with van der Waals surface area (Å²) in [6, 6.07) is 14.6. The summed E-state index contributed by atoms with van der Waals surface area (Å²) in [5.74, 6) is -0.163. The smallest absolute Gasteiger partial charge is 0.246 e. The van der Waals surface area contributed by atoms with Crippen molar-refractivity contribution in [3.05, 3.63) is 60.4 Å². The molecule has 0 saturated carbocycles. The average Bonchev–Trinajstić information content (AvgIpc) is 2.84. The third-order valence-electron chi connectivity index (χ3n) is 6.26. The lowest BCUT2D eigenvalue weighted by molar-refractivity contribution is -0.139. The normalized spacial score (nSPS) is 22.2. The van der Waals surface area contributed by atoms with Gasteiger partial charge in [-0.3, -0.25) is 4.79 Å². The number of rotatable bonds is 7. The van der Waals surface area contributed by atoms with Gasteiger partial charge in [-0.2, -0.15) is 4.31 Å². The van der Waals surface area contributed by atoms with Crippen LogP contribution in [0.15, 0.2) is 59.5 Å². The number of sulfonamides is 1. The Hall–Kier alpha value is -2.49. The van der Waals surface area contributed by atoms with E-state index >= 15 is 0 Å². The van der Waals surface area contributed by atoms with Crippen LogP contribution in [-0.4, -0.2) is 69.5 Å². The molecule has 0 unspecified atom stereocenters. The third kappa shape index (κ3) is 5.54. The summed E-state index contributed by atoms with van der Waals surface area (Å²) in [4.78, 5) is 14.6. The first kappa shape index (κ1) is 23.7. The summed E-state index contributed by atoms with van der Waals surface area (Å²) in [6.45, 7) is 2.58. The lowest BCUT2D eigenvalue weighted by atomic mass is 9.78. The second kappa shape index (κ2) is 10.2. The lowest BCUT2D eigenvalue weighted by Gasteiger charge is -2.42. The number of para-hydroxylation sites is 1. The molecule has 7 nitrogen and oxygen atoms in total. The molecule has 2 aromatic rings. The Bertz CT molecular complexity index is 1060. The molecule has 0 bridgehead atoms. The van der Waals surface area contributed by atoms with Gasteiger partial charge in [0.2, 0.25) is 15.9 Å². The summed E-state index contributed by atoms with van der Waals surface area (Å²) in [6.07, 6.45) is 1.35. The fraction of sp³-hybridized carbons (Fsp3) is 0.458. The van der Waals surface area contributed by atoms with Crippen molar-refractivity contribution in [3.63, 3.8) is 0 Å². The van der Waals surface area contributed by atoms with Crippen LogP contribution in [0, 0.1) is 11.2 Å². The summed E-state index contributed by atoms with van der Waals surface area (Å²) in [7, 11) is -4.05. The molecule has 2 fully saturated rings. The van der Waals surface area contributed by atoms with E-state index in [2.05, 4.69) is 0 Å². The van der Waals surface area contributed by atoms with E-state index < -0.39 is 21.3 Å². The Morgan fingerprint density at radius 2 is 1.73 bits per heavy atom. The highest BCUT2D eigenvalue weighted by Gasteiger charge is 2.43. The van der Waals surface area contributed by atoms with Gasteiger partial charge in [-0.25, -0.2) is 12.8 Å². The monoisotopic (exact) mass is 476 g/mol. The van der Waals surface area contributed by atoms with E-state index in [-0.39, 0.29) is 36.9 Å². The number of carbonyl (C=O) groups excluding carboxylic acids is 1. The number of hydrogen-bond donors (Lipinski definition) is 0. The molecule has 0 aliphatic carbocycles. The first-order chi connectivity index (χ1) is 15.9. The first-order valence-corrected chi connectivity index (χ1v) is 12.6. The maximum Gasteiger partial charge on any atom is 0.246 e. The largest absolute Gasteiger partial charge is 0.493 e. The van der Waals surface area contributed by atoms with E-state index in [9.17, 15) is 17.6 Å². The molecule has 4 rings (SSSR count). The van der Waals surface area contributed by atoms with Gasteiger partial charge in [-0.1, -0.05) is 30.3 Å². The van der Waals surface area contributed by atoms with E-state index in [4.69, 9.17) is 9.47 Å². The molecule has 2 aromatic carbocycles. The number of nitrogens with zero attached hydrogens (tertiary/aromatic N) is 2. The molecule has 2 aliphatic rings. The zero-order valence-electron chi connectivity index (χ0n) is 18.5. The minimum Gasteiger partial charge on any atom is -0.493 e. The van der Waals surface area contributed by atoms with Crippen LogP contribution in [0.25, 0.3) is 0 Å². The fourth-order valence-electron chi connectivity index (χ4n) is 4.47. The highest BCUT2D eigenvalue weighted by Crippen LogP contribution is 2.37. The molecular formula is C24H29FN2O5S. The Balaban J connectivity index is 1.58. The molecule has 0 N–H and O–H groups in total. The predicted octanol–water partition coefficient (Wildman–Crippen LogP) is 2.92. The van der Waals surface area contributed by atoms with E-state index in [0.29, 0.717) is 44.9 Å². The van der Waals surface area contributed by atoms with Gasteiger partial charge in [0.15, 0.2) is 0 Å². The minimum absolute atomic E-state index is 0.0416. The fourth-order valence-corrected chi connectivity index (χ4v) is 6.13. The van der Waals surface area contributed by atoms with Crippen LogP contribution in [0.3, 0.4) is 0 Å². The Morgan fingerprint density at radius 3 is 2.45 bits per heavy atom. The van der Waals surface area contributed by atoms with Crippen LogP contribution in [0.4, 0.5) is 4.39 Å². The van der Waals surface area contributed by atoms with Gasteiger partial charge < -0.3 is 14.4 Å². The number of halogens is 1. The van der Waals surface area contributed by atoms with Gasteiger partial charge in [-0.15, -0.1) is 0 Å². The summed E-state index contributed by atoms with van der Waals surface area (Å²) in [5, 5.41) is 0. The molecule has 1 amide bonds. The van der Waals surface area contributed by atoms with Crippen LogP contribution >= 0.6 is 0 Å². The van der Waals surface area contributed by atoms with Gasteiger partial charge in [0.1, 0.15) is 16.5 Å². The number of benzene rings is 2. The summed E-state index contributed by atoms with van der Waals surface area (Å²) < 4.78 is 53.6. The maximum absolute atomic E-state index is 14.4. The molecular weight excluding hydrogens is 447 g/mol. The zero-order chi connectivity index (χ0) is 23.3. The van der Waals surface area contributed by atoms with Gasteiger partial charge >= 0.3 is 0 Å². The van der Waals surface area contributed by atoms with Crippen molar-refractivity contribution in [1.82, 2.24) is 9.21 Å². The number of ether oxygens (including phenoxy) is 2. The average molecular weight is 477 g/mol. The molecule has 0 aromatic heterocycles. The summed E-state index contributed by atoms with van der Waals surface area (Å²) >= 11 is 0. The van der Waals surface area contributed by atoms with E-state index in [1.165, 1.54) is 22.5 Å². The lowest BCUT2D eigenvalue weighted by Crippen LogP contribution is -2.52. The van der Waals surface area contributed by atoms with Crippen LogP contribution < -0.4 is 4.74 Å². The SMILES string of the molecule is O=C(C[C@]1(COc2ccccc2)CCCN(S(=O)(=O)c2ccccc2F)C1)N1CCOCC1. The molecule has 2 saturated heterocycles. The third-order valence-corrected chi connectivity index (χ3v) is 8.14. The van der Waals surface area contributed by atoms with E-state index in [1.807, 2.05) is 30.3 Å². The summed E-state index contributed by atoms with van der Waals surface area (Å²) in [5.41, 5.74) is -0.720. The number of hydrogen-bond acceptors (Lipinski definition) is 5. The van der Waals surface area contributed by atoms with Gasteiger partial charge in [0.25, 0.3) is 0 Å².